The molecule has 0 aromatic heterocycles. The van der Waals surface area contributed by atoms with Gasteiger partial charge >= 0.3 is 5.97 Å². The molecule has 1 aliphatic rings. The zero-order valence-electron chi connectivity index (χ0n) is 23.5. The smallest absolute Gasteiger partial charge is 0.337 e. The van der Waals surface area contributed by atoms with Crippen molar-refractivity contribution in [1.82, 2.24) is 10.4 Å². The van der Waals surface area contributed by atoms with E-state index in [1.807, 2.05) is 6.92 Å². The lowest BCUT2D eigenvalue weighted by Crippen LogP contribution is -2.46. The number of hydroxylamine groups is 1. The molecule has 2 amide bonds. The fraction of sp³-hybridized carbons (Fsp3) is 0.448. The number of nitrogen functional groups attached to an aromatic ring is 1. The maximum Gasteiger partial charge on any atom is 0.337 e. The summed E-state index contributed by atoms with van der Waals surface area (Å²) >= 11 is 6.22. The van der Waals surface area contributed by atoms with E-state index in [0.29, 0.717) is 29.6 Å². The van der Waals surface area contributed by atoms with Gasteiger partial charge in [-0.25, -0.2) is 4.79 Å². The lowest BCUT2D eigenvalue weighted by molar-refractivity contribution is -0.146. The summed E-state index contributed by atoms with van der Waals surface area (Å²) in [5, 5.41) is 9.84. The highest BCUT2D eigenvalue weighted by Crippen LogP contribution is 2.30. The fourth-order valence-corrected chi connectivity index (χ4v) is 4.94. The SMILES string of the molecule is CCC[C@@H](CC(=O)N1CC(NOCCOC)=NCC(Cc2cc(Cl)ccc2OC)C1=O)c1ccc(C(=O)O)c(N)c1. The van der Waals surface area contributed by atoms with Crippen LogP contribution in [0.25, 0.3) is 0 Å². The largest absolute Gasteiger partial charge is 0.496 e. The van der Waals surface area contributed by atoms with E-state index < -0.39 is 11.9 Å². The van der Waals surface area contributed by atoms with Gasteiger partial charge in [-0.05, 0) is 60.2 Å². The Morgan fingerprint density at radius 2 is 2.00 bits per heavy atom. The average Bonchev–Trinajstić information content (AvgIpc) is 3.09. The van der Waals surface area contributed by atoms with Crippen molar-refractivity contribution in [1.29, 1.82) is 0 Å². The van der Waals surface area contributed by atoms with Crippen molar-refractivity contribution < 1.29 is 33.8 Å². The quantitative estimate of drug-likeness (QED) is 0.181. The molecule has 0 saturated carbocycles. The fourth-order valence-electron chi connectivity index (χ4n) is 4.74. The second kappa shape index (κ2) is 15.4. The number of aromatic carboxylic acids is 1. The number of aliphatic imine (C=N–C) groups is 1. The highest BCUT2D eigenvalue weighted by atomic mass is 35.5. The van der Waals surface area contributed by atoms with Gasteiger partial charge in [-0.2, -0.15) is 0 Å². The Kier molecular flexibility index (Phi) is 11.9. The van der Waals surface area contributed by atoms with Crippen molar-refractivity contribution in [3.05, 3.63) is 58.1 Å². The van der Waals surface area contributed by atoms with Crippen LogP contribution < -0.4 is 16.0 Å². The molecule has 0 saturated heterocycles. The number of amidine groups is 1. The number of nitrogens with zero attached hydrogens (tertiary/aromatic N) is 2. The number of carboxylic acids is 1. The number of anilines is 1. The third kappa shape index (κ3) is 8.66. The summed E-state index contributed by atoms with van der Waals surface area (Å²) in [7, 11) is 3.09. The minimum Gasteiger partial charge on any atom is -0.496 e. The maximum absolute atomic E-state index is 13.8. The van der Waals surface area contributed by atoms with Gasteiger partial charge in [0.2, 0.25) is 11.8 Å². The van der Waals surface area contributed by atoms with Gasteiger partial charge in [0.1, 0.15) is 11.6 Å². The van der Waals surface area contributed by atoms with Crippen LogP contribution in [-0.2, 0) is 25.6 Å². The molecule has 1 aliphatic heterocycles. The molecule has 0 fully saturated rings. The number of carboxylic acid groups (broad SMARTS) is 1. The summed E-state index contributed by atoms with van der Waals surface area (Å²) in [4.78, 5) is 50.2. The molecule has 222 valence electrons. The number of ether oxygens (including phenoxy) is 2. The van der Waals surface area contributed by atoms with Crippen LogP contribution in [0.2, 0.25) is 5.02 Å². The Labute approximate surface area is 244 Å². The number of rotatable bonds is 13. The molecule has 2 aromatic rings. The molecule has 0 bridgehead atoms. The van der Waals surface area contributed by atoms with Crippen LogP contribution in [0.1, 0.15) is 53.6 Å². The normalized spacial score (nSPS) is 16.1. The first-order valence-corrected chi connectivity index (χ1v) is 13.8. The van der Waals surface area contributed by atoms with Crippen LogP contribution in [0.4, 0.5) is 5.69 Å². The van der Waals surface area contributed by atoms with E-state index in [0.717, 1.165) is 17.5 Å². The average molecular weight is 589 g/mol. The van der Waals surface area contributed by atoms with Crippen LogP contribution in [0.15, 0.2) is 41.4 Å². The van der Waals surface area contributed by atoms with Gasteiger partial charge in [-0.3, -0.25) is 29.8 Å². The number of carbonyl (C=O) groups is 3. The molecule has 0 radical (unpaired) electrons. The van der Waals surface area contributed by atoms with E-state index >= 15 is 0 Å². The Morgan fingerprint density at radius 3 is 2.66 bits per heavy atom. The van der Waals surface area contributed by atoms with E-state index in [9.17, 15) is 19.5 Å². The third-order valence-electron chi connectivity index (χ3n) is 6.85. The van der Waals surface area contributed by atoms with Gasteiger partial charge in [0.25, 0.3) is 0 Å². The standard InChI is InChI=1S/C29H37ClN4O7/c1-4-5-18(19-6-8-23(29(37)38)24(31)14-19)15-27(35)34-17-26(33-41-11-10-39-2)32-16-21(28(34)36)12-20-13-22(30)7-9-25(20)40-3/h6-9,13-14,18,21H,4-5,10-12,15-17,31H2,1-3H3,(H,32,33)(H,37,38)/t18-,21?/m0/s1. The molecule has 3 rings (SSSR count). The van der Waals surface area contributed by atoms with Crippen LogP contribution in [0.3, 0.4) is 0 Å². The zero-order valence-corrected chi connectivity index (χ0v) is 24.3. The van der Waals surface area contributed by atoms with Crippen LogP contribution in [0, 0.1) is 5.92 Å². The summed E-state index contributed by atoms with van der Waals surface area (Å²) in [5.41, 5.74) is 10.3. The Hall–Kier alpha value is -3.67. The lowest BCUT2D eigenvalue weighted by atomic mass is 9.89. The number of nitrogens with two attached hydrogens (primary N) is 1. The molecule has 2 atom stereocenters. The van der Waals surface area contributed by atoms with Crippen LogP contribution in [0.5, 0.6) is 5.75 Å². The molecular formula is C29H37ClN4O7. The zero-order chi connectivity index (χ0) is 29.9. The number of nitrogens with one attached hydrogen (secondary N) is 1. The summed E-state index contributed by atoms with van der Waals surface area (Å²) in [6.45, 7) is 2.62. The second-order valence-corrected chi connectivity index (χ2v) is 10.2. The van der Waals surface area contributed by atoms with Crippen LogP contribution in [-0.4, -0.2) is 74.1 Å². The summed E-state index contributed by atoms with van der Waals surface area (Å²) in [6, 6.07) is 9.88. The molecule has 4 N–H and O–H groups in total. The predicted molar refractivity (Wildman–Crippen MR) is 155 cm³/mol. The minimum atomic E-state index is -1.12. The first kappa shape index (κ1) is 31.9. The van der Waals surface area contributed by atoms with E-state index in [2.05, 4.69) is 10.5 Å². The van der Waals surface area contributed by atoms with Gasteiger partial charge in [0.05, 0.1) is 44.9 Å². The first-order chi connectivity index (χ1) is 19.7. The molecule has 1 unspecified atom stereocenters. The van der Waals surface area contributed by atoms with Crippen molar-refractivity contribution in [2.45, 2.75) is 38.5 Å². The van der Waals surface area contributed by atoms with Crippen molar-refractivity contribution in [3.63, 3.8) is 0 Å². The summed E-state index contributed by atoms with van der Waals surface area (Å²) in [6.07, 6.45) is 1.70. The van der Waals surface area contributed by atoms with Crippen molar-refractivity contribution in [2.75, 3.05) is 46.3 Å². The van der Waals surface area contributed by atoms with Gasteiger partial charge in [-0.1, -0.05) is 31.0 Å². The number of hydrogen-bond donors (Lipinski definition) is 3. The van der Waals surface area contributed by atoms with Gasteiger partial charge < -0.3 is 20.3 Å². The summed E-state index contributed by atoms with van der Waals surface area (Å²) in [5.74, 6) is -1.88. The monoisotopic (exact) mass is 588 g/mol. The predicted octanol–water partition coefficient (Wildman–Crippen LogP) is 3.70. The maximum atomic E-state index is 13.8. The molecule has 0 aliphatic carbocycles. The van der Waals surface area contributed by atoms with Gasteiger partial charge in [-0.15, -0.1) is 0 Å². The van der Waals surface area contributed by atoms with Crippen molar-refractivity contribution in [2.24, 2.45) is 10.9 Å². The Morgan fingerprint density at radius 1 is 1.22 bits per heavy atom. The Bertz CT molecular complexity index is 1270. The van der Waals surface area contributed by atoms with Crippen LogP contribution >= 0.6 is 11.6 Å². The molecule has 1 heterocycles. The minimum absolute atomic E-state index is 0.00212. The van der Waals surface area contributed by atoms with Crippen molar-refractivity contribution in [3.8, 4) is 5.75 Å². The summed E-state index contributed by atoms with van der Waals surface area (Å²) < 4.78 is 10.5. The highest BCUT2D eigenvalue weighted by Gasteiger charge is 2.34. The molecule has 0 spiro atoms. The van der Waals surface area contributed by atoms with E-state index in [-0.39, 0.29) is 61.5 Å². The molecule has 41 heavy (non-hydrogen) atoms. The number of methoxy groups -OCH3 is 2. The second-order valence-electron chi connectivity index (χ2n) is 9.75. The first-order valence-electron chi connectivity index (χ1n) is 13.4. The number of halogens is 1. The van der Waals surface area contributed by atoms with Gasteiger partial charge in [0, 0.05) is 24.2 Å². The Balaban J connectivity index is 1.88. The number of imide groups is 1. The lowest BCUT2D eigenvalue weighted by Gasteiger charge is -2.26. The van der Waals surface area contributed by atoms with E-state index in [4.69, 9.17) is 31.6 Å². The number of carbonyl (C=O) groups excluding carboxylic acids is 2. The molecule has 11 nitrogen and oxygen atoms in total. The number of hydrogen-bond acceptors (Lipinski definition) is 9. The van der Waals surface area contributed by atoms with E-state index in [1.54, 1.807) is 44.6 Å². The molecule has 12 heteroatoms. The number of amides is 2. The highest BCUT2D eigenvalue weighted by molar-refractivity contribution is 6.30. The third-order valence-corrected chi connectivity index (χ3v) is 7.09. The van der Waals surface area contributed by atoms with Crippen molar-refractivity contribution >= 4 is 40.9 Å². The topological polar surface area (TPSA) is 153 Å². The molecule has 2 aromatic carbocycles. The van der Waals surface area contributed by atoms with E-state index in [1.165, 1.54) is 11.0 Å². The number of benzene rings is 2. The van der Waals surface area contributed by atoms with Gasteiger partial charge in [0.15, 0.2) is 0 Å². The molecular weight excluding hydrogens is 552 g/mol.